The maximum atomic E-state index is 11.0. The van der Waals surface area contributed by atoms with Crippen LogP contribution in [0.2, 0.25) is 0 Å². The van der Waals surface area contributed by atoms with Crippen LogP contribution in [0.3, 0.4) is 0 Å². The summed E-state index contributed by atoms with van der Waals surface area (Å²) in [5.41, 5.74) is 4.26. The molecule has 1 saturated carbocycles. The molecule has 1 aliphatic carbocycles. The number of aliphatic hydroxyl groups is 1. The lowest BCUT2D eigenvalue weighted by Gasteiger charge is -2.35. The van der Waals surface area contributed by atoms with Crippen LogP contribution in [0.15, 0.2) is 78.9 Å². The van der Waals surface area contributed by atoms with Crippen molar-refractivity contribution >= 4 is 19.4 Å². The Bertz CT molecular complexity index is 1070. The minimum absolute atomic E-state index is 0.0885. The molecule has 2 aliphatic rings. The average Bonchev–Trinajstić information content (AvgIpc) is 3.26. The van der Waals surface area contributed by atoms with E-state index < -0.39 is 9.04 Å². The number of aryl methyl sites for hydroxylation is 1. The molecule has 3 atom stereocenters. The molecule has 1 heterocycles. The summed E-state index contributed by atoms with van der Waals surface area (Å²) in [6.45, 7) is 4.19. The van der Waals surface area contributed by atoms with Gasteiger partial charge in [0.05, 0.1) is 6.10 Å². The van der Waals surface area contributed by atoms with Gasteiger partial charge in [-0.1, -0.05) is 92.2 Å². The monoisotopic (exact) mass is 470 g/mol. The van der Waals surface area contributed by atoms with Gasteiger partial charge in [-0.3, -0.25) is 4.90 Å². The third-order valence-corrected chi connectivity index (χ3v) is 9.67. The predicted molar refractivity (Wildman–Crippen MR) is 141 cm³/mol. The molecule has 3 nitrogen and oxygen atoms in total. The summed E-state index contributed by atoms with van der Waals surface area (Å²) in [6.07, 6.45) is 5.99. The molecule has 1 aliphatic heterocycles. The van der Waals surface area contributed by atoms with E-state index in [0.29, 0.717) is 0 Å². The van der Waals surface area contributed by atoms with Crippen molar-refractivity contribution in [1.29, 1.82) is 0 Å². The van der Waals surface area contributed by atoms with Crippen molar-refractivity contribution in [2.75, 3.05) is 6.54 Å². The Hall–Kier alpha value is -2.24. The SMILES string of the molecule is CCCCc1cccc([Si](OC2CC(O)C(N3CCc4ccccc4C3)C2)c2ccccc2)c1. The Morgan fingerprint density at radius 3 is 2.50 bits per heavy atom. The van der Waals surface area contributed by atoms with Gasteiger partial charge in [-0.2, -0.15) is 0 Å². The minimum atomic E-state index is -1.38. The first-order chi connectivity index (χ1) is 16.7. The van der Waals surface area contributed by atoms with Gasteiger partial charge in [-0.05, 0) is 59.2 Å². The number of hydrogen-bond acceptors (Lipinski definition) is 3. The van der Waals surface area contributed by atoms with Crippen LogP contribution in [0.5, 0.6) is 0 Å². The summed E-state index contributed by atoms with van der Waals surface area (Å²) >= 11 is 0. The average molecular weight is 471 g/mol. The topological polar surface area (TPSA) is 32.7 Å². The van der Waals surface area contributed by atoms with Crippen LogP contribution in [0, 0.1) is 0 Å². The molecule has 1 fully saturated rings. The third-order valence-electron chi connectivity index (χ3n) is 7.41. The van der Waals surface area contributed by atoms with Gasteiger partial charge in [0.25, 0.3) is 9.04 Å². The van der Waals surface area contributed by atoms with Gasteiger partial charge in [0.2, 0.25) is 0 Å². The second-order valence-electron chi connectivity index (χ2n) is 9.83. The molecule has 0 aromatic heterocycles. The molecule has 3 aromatic rings. The standard InChI is InChI=1S/C30H36NO2Si/c1-2-3-10-23-11-9-16-28(19-23)34(27-14-5-4-6-15-27)33-26-20-29(30(32)21-26)31-18-17-24-12-7-8-13-25(24)22-31/h4-9,11-16,19,26,29-30,32H,2-3,10,17-18,20-22H2,1H3. The highest BCUT2D eigenvalue weighted by molar-refractivity contribution is 6.80. The van der Waals surface area contributed by atoms with Gasteiger partial charge in [0.1, 0.15) is 0 Å². The van der Waals surface area contributed by atoms with Crippen LogP contribution in [-0.2, 0) is 23.8 Å². The van der Waals surface area contributed by atoms with E-state index in [1.54, 1.807) is 0 Å². The number of nitrogens with zero attached hydrogens (tertiary/aromatic N) is 1. The van der Waals surface area contributed by atoms with Crippen molar-refractivity contribution in [3.05, 3.63) is 95.6 Å². The van der Waals surface area contributed by atoms with Gasteiger partial charge in [-0.15, -0.1) is 0 Å². The summed E-state index contributed by atoms with van der Waals surface area (Å²) in [6, 6.07) is 28.7. The van der Waals surface area contributed by atoms with Crippen LogP contribution >= 0.6 is 0 Å². The first kappa shape index (κ1) is 23.5. The highest BCUT2D eigenvalue weighted by Gasteiger charge is 2.40. The highest BCUT2D eigenvalue weighted by atomic mass is 28.3. The predicted octanol–water partition coefficient (Wildman–Crippen LogP) is 4.10. The molecule has 34 heavy (non-hydrogen) atoms. The maximum Gasteiger partial charge on any atom is 0.283 e. The molecule has 1 N–H and O–H groups in total. The molecular weight excluding hydrogens is 434 g/mol. The van der Waals surface area contributed by atoms with Gasteiger partial charge in [0.15, 0.2) is 0 Å². The number of rotatable bonds is 8. The molecule has 0 spiro atoms. The fourth-order valence-electron chi connectivity index (χ4n) is 5.55. The number of hydrogen-bond donors (Lipinski definition) is 1. The molecule has 1 radical (unpaired) electrons. The van der Waals surface area contributed by atoms with Crippen molar-refractivity contribution in [2.45, 2.75) is 70.2 Å². The normalized spacial score (nSPS) is 22.7. The summed E-state index contributed by atoms with van der Waals surface area (Å²) in [5.74, 6) is 0. The van der Waals surface area contributed by atoms with E-state index >= 15 is 0 Å². The second kappa shape index (κ2) is 11.0. The summed E-state index contributed by atoms with van der Waals surface area (Å²) < 4.78 is 6.92. The summed E-state index contributed by atoms with van der Waals surface area (Å²) in [7, 11) is -1.38. The second-order valence-corrected chi connectivity index (χ2v) is 11.9. The van der Waals surface area contributed by atoms with E-state index in [9.17, 15) is 5.11 Å². The number of fused-ring (bicyclic) bond motifs is 1. The number of benzene rings is 3. The van der Waals surface area contributed by atoms with Crippen LogP contribution < -0.4 is 10.4 Å². The summed E-state index contributed by atoms with van der Waals surface area (Å²) in [5, 5.41) is 13.6. The van der Waals surface area contributed by atoms with E-state index in [-0.39, 0.29) is 18.2 Å². The molecule has 5 rings (SSSR count). The van der Waals surface area contributed by atoms with Gasteiger partial charge < -0.3 is 9.53 Å². The zero-order chi connectivity index (χ0) is 23.3. The Labute approximate surface area is 206 Å². The molecular formula is C30H36NO2Si. The van der Waals surface area contributed by atoms with Gasteiger partial charge >= 0.3 is 0 Å². The van der Waals surface area contributed by atoms with Crippen molar-refractivity contribution in [1.82, 2.24) is 4.90 Å². The Balaban J connectivity index is 1.32. The first-order valence-electron chi connectivity index (χ1n) is 12.9. The Morgan fingerprint density at radius 2 is 1.68 bits per heavy atom. The van der Waals surface area contributed by atoms with Crippen LogP contribution in [0.1, 0.15) is 49.3 Å². The summed E-state index contributed by atoms with van der Waals surface area (Å²) in [4.78, 5) is 2.48. The fourth-order valence-corrected chi connectivity index (χ4v) is 7.74. The van der Waals surface area contributed by atoms with Crippen molar-refractivity contribution in [3.8, 4) is 0 Å². The van der Waals surface area contributed by atoms with E-state index in [4.69, 9.17) is 4.43 Å². The van der Waals surface area contributed by atoms with Gasteiger partial charge in [-0.25, -0.2) is 0 Å². The van der Waals surface area contributed by atoms with Crippen LogP contribution in [0.4, 0.5) is 0 Å². The first-order valence-corrected chi connectivity index (χ1v) is 14.3. The molecule has 0 saturated heterocycles. The van der Waals surface area contributed by atoms with Crippen LogP contribution in [0.25, 0.3) is 0 Å². The molecule has 4 heteroatoms. The van der Waals surface area contributed by atoms with E-state index in [2.05, 4.69) is 90.7 Å². The zero-order valence-corrected chi connectivity index (χ0v) is 21.2. The maximum absolute atomic E-state index is 11.0. The zero-order valence-electron chi connectivity index (χ0n) is 20.2. The molecule has 0 bridgehead atoms. The minimum Gasteiger partial charge on any atom is -0.404 e. The fraction of sp³-hybridized carbons (Fsp3) is 0.400. The van der Waals surface area contributed by atoms with E-state index in [1.807, 2.05) is 0 Å². The Morgan fingerprint density at radius 1 is 0.912 bits per heavy atom. The largest absolute Gasteiger partial charge is 0.404 e. The smallest absolute Gasteiger partial charge is 0.283 e. The lowest BCUT2D eigenvalue weighted by Crippen LogP contribution is -2.47. The number of aliphatic hydroxyl groups excluding tert-OH is 1. The van der Waals surface area contributed by atoms with E-state index in [1.165, 1.54) is 39.9 Å². The van der Waals surface area contributed by atoms with E-state index in [0.717, 1.165) is 38.8 Å². The van der Waals surface area contributed by atoms with Crippen molar-refractivity contribution in [3.63, 3.8) is 0 Å². The Kier molecular flexibility index (Phi) is 7.60. The lowest BCUT2D eigenvalue weighted by atomic mass is 9.98. The van der Waals surface area contributed by atoms with Crippen molar-refractivity contribution in [2.24, 2.45) is 0 Å². The lowest BCUT2D eigenvalue weighted by molar-refractivity contribution is 0.0625. The number of unbranched alkanes of at least 4 members (excludes halogenated alkanes) is 1. The van der Waals surface area contributed by atoms with Crippen molar-refractivity contribution < 1.29 is 9.53 Å². The quantitative estimate of drug-likeness (QED) is 0.503. The molecule has 0 amide bonds. The molecule has 177 valence electrons. The third kappa shape index (κ3) is 5.36. The molecule has 3 aromatic carbocycles. The van der Waals surface area contributed by atoms with Gasteiger partial charge in [0, 0.05) is 25.2 Å². The highest BCUT2D eigenvalue weighted by Crippen LogP contribution is 2.31. The van der Waals surface area contributed by atoms with Crippen LogP contribution in [-0.4, -0.2) is 43.8 Å². The molecule has 3 unspecified atom stereocenters.